The van der Waals surface area contributed by atoms with Crippen LogP contribution in [0.3, 0.4) is 0 Å². The predicted octanol–water partition coefficient (Wildman–Crippen LogP) is 4.87. The molecular formula is C24H26N6O3S3. The van der Waals surface area contributed by atoms with Crippen LogP contribution in [0.5, 0.6) is 0 Å². The lowest BCUT2D eigenvalue weighted by Crippen LogP contribution is -2.35. The molecule has 1 saturated carbocycles. The van der Waals surface area contributed by atoms with E-state index >= 15 is 0 Å². The second-order valence-corrected chi connectivity index (χ2v) is 12.6. The van der Waals surface area contributed by atoms with Crippen molar-refractivity contribution < 1.29 is 13.2 Å². The molecule has 1 amide bonds. The number of sulfonamides is 1. The third kappa shape index (κ3) is 5.35. The van der Waals surface area contributed by atoms with Gasteiger partial charge in [-0.1, -0.05) is 29.5 Å². The number of benzene rings is 1. The molecule has 1 aliphatic rings. The fraction of sp³-hybridized carbons (Fsp3) is 0.333. The highest BCUT2D eigenvalue weighted by molar-refractivity contribution is 7.94. The quantitative estimate of drug-likeness (QED) is 0.328. The van der Waals surface area contributed by atoms with Crippen LogP contribution >= 0.6 is 22.7 Å². The third-order valence-electron chi connectivity index (χ3n) is 6.43. The van der Waals surface area contributed by atoms with Crippen LogP contribution in [0, 0.1) is 5.92 Å². The summed E-state index contributed by atoms with van der Waals surface area (Å²) in [4.78, 5) is 18.2. The standard InChI is InChI=1S/C24H26N6O3S3/c1-16(19-5-2-3-6-20(19)28-36(32,33)23-7-4-12-34-23)26-24(31)17-8-10-18(11-9-17)30-14-21(27-29-30)22-13-25-15-35-22/h2-7,12-18,28H,8-11H2,1H3,(H,26,31). The first-order chi connectivity index (χ1) is 17.4. The molecule has 2 N–H and O–H groups in total. The minimum absolute atomic E-state index is 0.0131. The summed E-state index contributed by atoms with van der Waals surface area (Å²) in [6.07, 6.45) is 6.93. The highest BCUT2D eigenvalue weighted by Gasteiger charge is 2.29. The molecule has 1 unspecified atom stereocenters. The average molecular weight is 543 g/mol. The van der Waals surface area contributed by atoms with Crippen molar-refractivity contribution in [3.8, 4) is 10.6 Å². The monoisotopic (exact) mass is 542 g/mol. The van der Waals surface area contributed by atoms with Gasteiger partial charge in [0, 0.05) is 12.1 Å². The average Bonchev–Trinajstić information content (AvgIpc) is 3.66. The molecule has 12 heteroatoms. The van der Waals surface area contributed by atoms with Gasteiger partial charge >= 0.3 is 0 Å². The number of aromatic nitrogens is 4. The maximum absolute atomic E-state index is 13.1. The minimum Gasteiger partial charge on any atom is -0.349 e. The van der Waals surface area contributed by atoms with Crippen molar-refractivity contribution in [1.82, 2.24) is 25.3 Å². The van der Waals surface area contributed by atoms with E-state index in [9.17, 15) is 13.2 Å². The van der Waals surface area contributed by atoms with Gasteiger partial charge in [-0.3, -0.25) is 14.5 Å². The summed E-state index contributed by atoms with van der Waals surface area (Å²) >= 11 is 2.69. The summed E-state index contributed by atoms with van der Waals surface area (Å²) in [5.41, 5.74) is 3.78. The molecule has 1 aromatic carbocycles. The Kier molecular flexibility index (Phi) is 7.17. The van der Waals surface area contributed by atoms with Crippen LogP contribution < -0.4 is 10.0 Å². The van der Waals surface area contributed by atoms with Crippen LogP contribution in [-0.2, 0) is 14.8 Å². The molecule has 9 nitrogen and oxygen atoms in total. The molecule has 5 rings (SSSR count). The van der Waals surface area contributed by atoms with Gasteiger partial charge in [0.1, 0.15) is 9.90 Å². The van der Waals surface area contributed by atoms with Crippen molar-refractivity contribution in [2.45, 2.75) is 48.9 Å². The second kappa shape index (κ2) is 10.5. The number of carbonyl (C=O) groups is 1. The molecule has 0 spiro atoms. The van der Waals surface area contributed by atoms with Gasteiger partial charge in [-0.2, -0.15) is 0 Å². The normalized spacial score (nSPS) is 19.0. The molecule has 1 atom stereocenters. The maximum Gasteiger partial charge on any atom is 0.271 e. The zero-order valence-corrected chi connectivity index (χ0v) is 22.0. The molecule has 1 fully saturated rings. The fourth-order valence-electron chi connectivity index (χ4n) is 4.50. The van der Waals surface area contributed by atoms with Gasteiger partial charge in [0.05, 0.1) is 34.4 Å². The molecule has 0 radical (unpaired) electrons. The van der Waals surface area contributed by atoms with Crippen LogP contribution in [-0.4, -0.2) is 34.3 Å². The van der Waals surface area contributed by atoms with E-state index in [-0.39, 0.29) is 28.1 Å². The van der Waals surface area contributed by atoms with Crippen LogP contribution in [0.4, 0.5) is 5.69 Å². The number of para-hydroxylation sites is 1. The summed E-state index contributed by atoms with van der Waals surface area (Å²) in [7, 11) is -3.68. The Morgan fingerprint density at radius 1 is 1.11 bits per heavy atom. The van der Waals surface area contributed by atoms with E-state index in [4.69, 9.17) is 0 Å². The largest absolute Gasteiger partial charge is 0.349 e. The van der Waals surface area contributed by atoms with Gasteiger partial charge in [-0.15, -0.1) is 27.8 Å². The first kappa shape index (κ1) is 24.6. The molecule has 1 aliphatic carbocycles. The summed E-state index contributed by atoms with van der Waals surface area (Å²) in [6, 6.07) is 10.3. The zero-order valence-electron chi connectivity index (χ0n) is 19.6. The van der Waals surface area contributed by atoms with E-state index in [0.29, 0.717) is 5.69 Å². The Morgan fingerprint density at radius 3 is 2.64 bits per heavy atom. The van der Waals surface area contributed by atoms with Crippen LogP contribution in [0.25, 0.3) is 10.6 Å². The molecule has 0 bridgehead atoms. The molecule has 0 saturated heterocycles. The number of anilines is 1. The van der Waals surface area contributed by atoms with Crippen molar-refractivity contribution >= 4 is 44.3 Å². The van der Waals surface area contributed by atoms with Gasteiger partial charge in [-0.25, -0.2) is 13.1 Å². The summed E-state index contributed by atoms with van der Waals surface area (Å²) in [5, 5.41) is 13.4. The van der Waals surface area contributed by atoms with E-state index in [1.54, 1.807) is 41.4 Å². The third-order valence-corrected chi connectivity index (χ3v) is 9.99. The number of amides is 1. The first-order valence-corrected chi connectivity index (χ1v) is 14.9. The van der Waals surface area contributed by atoms with Gasteiger partial charge < -0.3 is 5.32 Å². The Morgan fingerprint density at radius 2 is 1.92 bits per heavy atom. The minimum atomic E-state index is -3.68. The van der Waals surface area contributed by atoms with E-state index in [1.165, 1.54) is 11.3 Å². The summed E-state index contributed by atoms with van der Waals surface area (Å²) < 4.78 is 30.3. The Bertz CT molecular complexity index is 1410. The Hall–Kier alpha value is -3.09. The van der Waals surface area contributed by atoms with E-state index in [0.717, 1.165) is 53.2 Å². The van der Waals surface area contributed by atoms with E-state index in [1.807, 2.05) is 29.9 Å². The fourth-order valence-corrected chi connectivity index (χ4v) is 7.15. The van der Waals surface area contributed by atoms with Gasteiger partial charge in [0.2, 0.25) is 5.91 Å². The molecule has 4 aromatic rings. The van der Waals surface area contributed by atoms with Crippen molar-refractivity contribution in [2.24, 2.45) is 5.92 Å². The van der Waals surface area contributed by atoms with Crippen molar-refractivity contribution in [1.29, 1.82) is 0 Å². The molecule has 188 valence electrons. The lowest BCUT2D eigenvalue weighted by atomic mass is 9.85. The van der Waals surface area contributed by atoms with Crippen molar-refractivity contribution in [2.75, 3.05) is 4.72 Å². The summed E-state index contributed by atoms with van der Waals surface area (Å²) in [5.74, 6) is -0.107. The number of hydrogen-bond acceptors (Lipinski definition) is 8. The second-order valence-electron chi connectivity index (χ2n) is 8.81. The lowest BCUT2D eigenvalue weighted by molar-refractivity contribution is -0.126. The Labute approximate surface area is 217 Å². The van der Waals surface area contributed by atoms with Crippen LogP contribution in [0.1, 0.15) is 50.3 Å². The smallest absolute Gasteiger partial charge is 0.271 e. The van der Waals surface area contributed by atoms with E-state index < -0.39 is 10.0 Å². The number of carbonyl (C=O) groups excluding carboxylic acids is 1. The highest BCUT2D eigenvalue weighted by atomic mass is 32.2. The number of nitrogens with zero attached hydrogens (tertiary/aromatic N) is 4. The number of nitrogens with one attached hydrogen (secondary N) is 2. The van der Waals surface area contributed by atoms with Gasteiger partial charge in [0.25, 0.3) is 10.0 Å². The zero-order chi connectivity index (χ0) is 25.1. The molecule has 3 aromatic heterocycles. The maximum atomic E-state index is 13.1. The number of thiazole rings is 1. The van der Waals surface area contributed by atoms with Crippen molar-refractivity contribution in [3.05, 3.63) is 65.2 Å². The van der Waals surface area contributed by atoms with Crippen LogP contribution in [0.2, 0.25) is 0 Å². The number of thiophene rings is 1. The molecule has 36 heavy (non-hydrogen) atoms. The van der Waals surface area contributed by atoms with Gasteiger partial charge in [-0.05, 0) is 55.7 Å². The van der Waals surface area contributed by atoms with E-state index in [2.05, 4.69) is 25.3 Å². The highest BCUT2D eigenvalue weighted by Crippen LogP contribution is 2.34. The lowest BCUT2D eigenvalue weighted by Gasteiger charge is -2.29. The SMILES string of the molecule is CC(NC(=O)C1CCC(n2cc(-c3cncs3)nn2)CC1)c1ccccc1NS(=O)(=O)c1cccs1. The molecular weight excluding hydrogens is 517 g/mol. The van der Waals surface area contributed by atoms with Crippen molar-refractivity contribution in [3.63, 3.8) is 0 Å². The van der Waals surface area contributed by atoms with Gasteiger partial charge in [0.15, 0.2) is 0 Å². The first-order valence-electron chi connectivity index (χ1n) is 11.7. The summed E-state index contributed by atoms with van der Waals surface area (Å²) in [6.45, 7) is 1.87. The number of rotatable bonds is 8. The number of hydrogen-bond donors (Lipinski definition) is 2. The molecule has 3 heterocycles. The topological polar surface area (TPSA) is 119 Å². The Balaban J connectivity index is 1.19. The van der Waals surface area contributed by atoms with Crippen LogP contribution in [0.15, 0.2) is 63.9 Å². The molecule has 0 aliphatic heterocycles. The predicted molar refractivity (Wildman–Crippen MR) is 140 cm³/mol.